The van der Waals surface area contributed by atoms with Gasteiger partial charge < -0.3 is 14.5 Å². The second-order valence-corrected chi connectivity index (χ2v) is 9.91. The van der Waals surface area contributed by atoms with Crippen LogP contribution in [0.2, 0.25) is 0 Å². The Morgan fingerprint density at radius 2 is 1.90 bits per heavy atom. The van der Waals surface area contributed by atoms with Gasteiger partial charge in [-0.2, -0.15) is 0 Å². The van der Waals surface area contributed by atoms with Crippen molar-refractivity contribution in [1.29, 1.82) is 0 Å². The highest BCUT2D eigenvalue weighted by molar-refractivity contribution is 7.91. The summed E-state index contributed by atoms with van der Waals surface area (Å²) < 4.78 is 29.0. The van der Waals surface area contributed by atoms with Crippen LogP contribution in [0.1, 0.15) is 18.9 Å². The van der Waals surface area contributed by atoms with Crippen LogP contribution in [0.25, 0.3) is 0 Å². The maximum absolute atomic E-state index is 13.1. The van der Waals surface area contributed by atoms with Crippen LogP contribution >= 0.6 is 0 Å². The van der Waals surface area contributed by atoms with Crippen molar-refractivity contribution in [2.75, 3.05) is 50.8 Å². The number of benzene rings is 1. The van der Waals surface area contributed by atoms with E-state index in [2.05, 4.69) is 0 Å². The van der Waals surface area contributed by atoms with Crippen LogP contribution in [-0.4, -0.2) is 87.1 Å². The van der Waals surface area contributed by atoms with Gasteiger partial charge in [-0.1, -0.05) is 30.3 Å². The molecular weight excluding hydrogens is 394 g/mol. The fourth-order valence-electron chi connectivity index (χ4n) is 3.93. The van der Waals surface area contributed by atoms with Gasteiger partial charge in [0.25, 0.3) is 5.91 Å². The molecule has 2 aliphatic rings. The molecule has 0 aliphatic carbocycles. The minimum atomic E-state index is -3.08. The Balaban J connectivity index is 1.62. The predicted octanol–water partition coefficient (Wildman–Crippen LogP) is -0.441. The molecule has 1 aromatic carbocycles. The number of amides is 2. The number of hydrogen-bond acceptors (Lipinski definition) is 5. The van der Waals surface area contributed by atoms with Crippen molar-refractivity contribution in [2.45, 2.75) is 25.9 Å². The van der Waals surface area contributed by atoms with E-state index in [1.165, 1.54) is 0 Å². The maximum Gasteiger partial charge on any atom is 0.410 e. The van der Waals surface area contributed by atoms with E-state index in [9.17, 15) is 18.0 Å². The smallest absolute Gasteiger partial charge is 0.410 e. The molecule has 0 spiro atoms. The Morgan fingerprint density at radius 3 is 2.48 bits per heavy atom. The lowest BCUT2D eigenvalue weighted by Crippen LogP contribution is -3.15. The van der Waals surface area contributed by atoms with Crippen molar-refractivity contribution in [2.24, 2.45) is 0 Å². The molecule has 0 unspecified atom stereocenters. The molecule has 1 atom stereocenters. The van der Waals surface area contributed by atoms with E-state index in [4.69, 9.17) is 4.74 Å². The van der Waals surface area contributed by atoms with Crippen LogP contribution in [-0.2, 0) is 25.9 Å². The molecule has 2 heterocycles. The van der Waals surface area contributed by atoms with Gasteiger partial charge >= 0.3 is 6.09 Å². The van der Waals surface area contributed by atoms with Crippen molar-refractivity contribution in [3.8, 4) is 0 Å². The maximum atomic E-state index is 13.1. The summed E-state index contributed by atoms with van der Waals surface area (Å²) in [5, 5.41) is 0. The van der Waals surface area contributed by atoms with E-state index in [0.29, 0.717) is 52.3 Å². The summed E-state index contributed by atoms with van der Waals surface area (Å²) in [6.07, 6.45) is 0.187. The molecule has 8 nitrogen and oxygen atoms in total. The molecule has 0 bridgehead atoms. The summed E-state index contributed by atoms with van der Waals surface area (Å²) in [6, 6.07) is 9.39. The van der Waals surface area contributed by atoms with Crippen molar-refractivity contribution in [3.05, 3.63) is 35.9 Å². The lowest BCUT2D eigenvalue weighted by molar-refractivity contribution is -0.896. The third-order valence-electron chi connectivity index (χ3n) is 5.56. The minimum Gasteiger partial charge on any atom is -0.450 e. The molecule has 2 saturated heterocycles. The summed E-state index contributed by atoms with van der Waals surface area (Å²) in [7, 11) is -3.08. The lowest BCUT2D eigenvalue weighted by Gasteiger charge is -2.34. The van der Waals surface area contributed by atoms with Gasteiger partial charge in [0, 0.05) is 12.6 Å². The number of carbonyl (C=O) groups excluding carboxylic acids is 2. The largest absolute Gasteiger partial charge is 0.450 e. The summed E-state index contributed by atoms with van der Waals surface area (Å²) in [5.41, 5.74) is 0.993. The van der Waals surface area contributed by atoms with Crippen LogP contribution in [0, 0.1) is 0 Å². The molecule has 2 amide bonds. The molecule has 160 valence electrons. The molecule has 1 N–H and O–H groups in total. The number of piperazine rings is 1. The van der Waals surface area contributed by atoms with E-state index < -0.39 is 9.84 Å². The van der Waals surface area contributed by atoms with Crippen molar-refractivity contribution in [1.82, 2.24) is 9.80 Å². The normalized spacial score (nSPS) is 21.7. The van der Waals surface area contributed by atoms with Crippen LogP contribution in [0.4, 0.5) is 4.79 Å². The Morgan fingerprint density at radius 1 is 1.21 bits per heavy atom. The number of hydrogen-bond donors (Lipinski definition) is 1. The highest BCUT2D eigenvalue weighted by atomic mass is 32.2. The van der Waals surface area contributed by atoms with Gasteiger partial charge in [-0.15, -0.1) is 0 Å². The number of carbonyl (C=O) groups is 2. The lowest BCUT2D eigenvalue weighted by atomic mass is 10.1. The summed E-state index contributed by atoms with van der Waals surface area (Å²) in [4.78, 5) is 29.5. The fourth-order valence-corrected chi connectivity index (χ4v) is 5.67. The molecule has 0 saturated carbocycles. The average molecular weight is 425 g/mol. The molecule has 3 rings (SSSR count). The zero-order valence-electron chi connectivity index (χ0n) is 16.9. The molecule has 0 aromatic heterocycles. The second-order valence-electron chi connectivity index (χ2n) is 7.68. The number of quaternary nitrogens is 1. The standard InChI is InChI=1S/C20H29N3O5S/c1-2-28-20(25)22-11-9-21(10-12-22)15-19(24)23(14-17-6-4-3-5-7-17)18-8-13-29(26,27)16-18/h3-7,18H,2,8-16H2,1H3/p+1/t18-/m1/s1. The van der Waals surface area contributed by atoms with Crippen LogP contribution in [0.5, 0.6) is 0 Å². The highest BCUT2D eigenvalue weighted by Gasteiger charge is 2.36. The second kappa shape index (κ2) is 9.58. The number of rotatable bonds is 6. The number of nitrogens with one attached hydrogen (secondary N) is 1. The first-order chi connectivity index (χ1) is 13.9. The minimum absolute atomic E-state index is 0.0319. The van der Waals surface area contributed by atoms with Crippen LogP contribution in [0.15, 0.2) is 30.3 Å². The molecule has 2 aliphatic heterocycles. The highest BCUT2D eigenvalue weighted by Crippen LogP contribution is 2.20. The van der Waals surface area contributed by atoms with Gasteiger partial charge in [0.1, 0.15) is 0 Å². The third kappa shape index (κ3) is 5.93. The summed E-state index contributed by atoms with van der Waals surface area (Å²) >= 11 is 0. The van der Waals surface area contributed by atoms with E-state index in [-0.39, 0.29) is 29.5 Å². The summed E-state index contributed by atoms with van der Waals surface area (Å²) in [6.45, 7) is 5.31. The predicted molar refractivity (Wildman–Crippen MR) is 108 cm³/mol. The van der Waals surface area contributed by atoms with Crippen molar-refractivity contribution >= 4 is 21.8 Å². The SMILES string of the molecule is CCOC(=O)N1CC[NH+](CC(=O)N(Cc2ccccc2)[C@@H]2CCS(=O)(=O)C2)CC1. The van der Waals surface area contributed by atoms with Crippen LogP contribution < -0.4 is 4.90 Å². The number of nitrogens with zero attached hydrogens (tertiary/aromatic N) is 2. The zero-order chi connectivity index (χ0) is 20.9. The van der Waals surface area contributed by atoms with Crippen LogP contribution in [0.3, 0.4) is 0 Å². The molecular formula is C20H30N3O5S+. The van der Waals surface area contributed by atoms with E-state index in [0.717, 1.165) is 10.5 Å². The molecule has 2 fully saturated rings. The van der Waals surface area contributed by atoms with Crippen molar-refractivity contribution in [3.63, 3.8) is 0 Å². The number of sulfone groups is 1. The monoisotopic (exact) mass is 424 g/mol. The van der Waals surface area contributed by atoms with E-state index >= 15 is 0 Å². The Hall–Kier alpha value is -2.13. The molecule has 29 heavy (non-hydrogen) atoms. The van der Waals surface area contributed by atoms with E-state index in [1.54, 1.807) is 16.7 Å². The zero-order valence-corrected chi connectivity index (χ0v) is 17.7. The first kappa shape index (κ1) is 21.6. The van der Waals surface area contributed by atoms with Gasteiger partial charge in [-0.3, -0.25) is 9.69 Å². The van der Waals surface area contributed by atoms with Gasteiger partial charge in [0.05, 0.1) is 44.3 Å². The topological polar surface area (TPSA) is 88.4 Å². The molecule has 1 aromatic rings. The van der Waals surface area contributed by atoms with E-state index in [1.807, 2.05) is 30.3 Å². The first-order valence-electron chi connectivity index (χ1n) is 10.2. The Labute approximate surface area is 172 Å². The van der Waals surface area contributed by atoms with Crippen molar-refractivity contribution < 1.29 is 27.6 Å². The fraction of sp³-hybridized carbons (Fsp3) is 0.600. The van der Waals surface area contributed by atoms with Gasteiger partial charge in [-0.25, -0.2) is 13.2 Å². The quantitative estimate of drug-likeness (QED) is 0.669. The van der Waals surface area contributed by atoms with Gasteiger partial charge in [-0.05, 0) is 18.9 Å². The third-order valence-corrected chi connectivity index (χ3v) is 7.31. The molecule has 0 radical (unpaired) electrons. The molecule has 9 heteroatoms. The Bertz CT molecular complexity index is 807. The Kier molecular flexibility index (Phi) is 7.13. The first-order valence-corrected chi connectivity index (χ1v) is 12.0. The average Bonchev–Trinajstić information content (AvgIpc) is 3.07. The van der Waals surface area contributed by atoms with Gasteiger partial charge in [0.15, 0.2) is 16.4 Å². The number of ether oxygens (including phenoxy) is 1. The van der Waals surface area contributed by atoms with Gasteiger partial charge in [0.2, 0.25) is 0 Å². The summed E-state index contributed by atoms with van der Waals surface area (Å²) in [5.74, 6) is 0.148.